The van der Waals surface area contributed by atoms with Gasteiger partial charge in [0.2, 0.25) is 0 Å². The van der Waals surface area contributed by atoms with E-state index in [0.29, 0.717) is 11.4 Å². The van der Waals surface area contributed by atoms with E-state index >= 15 is 0 Å². The zero-order chi connectivity index (χ0) is 42.9. The van der Waals surface area contributed by atoms with Crippen LogP contribution in [0.3, 0.4) is 0 Å². The predicted octanol–water partition coefficient (Wildman–Crippen LogP) is 14.4. The van der Waals surface area contributed by atoms with Gasteiger partial charge >= 0.3 is 5.84 Å². The van der Waals surface area contributed by atoms with Crippen molar-refractivity contribution >= 4 is 133 Å². The summed E-state index contributed by atoms with van der Waals surface area (Å²) in [4.78, 5) is 4.79. The van der Waals surface area contributed by atoms with Crippen molar-refractivity contribution < 1.29 is 8.53 Å². The third-order valence-electron chi connectivity index (χ3n) is 13.2. The van der Waals surface area contributed by atoms with E-state index < -0.39 is 14.5 Å². The van der Waals surface area contributed by atoms with Gasteiger partial charge in [-0.25, -0.2) is 0 Å². The topological polar surface area (TPSA) is 30.4 Å². The first-order chi connectivity index (χ1) is 31.3. The maximum atomic E-state index is 9.35. The van der Waals surface area contributed by atoms with Crippen LogP contribution in [-0.2, 0) is 0 Å². The van der Waals surface area contributed by atoms with Crippen LogP contribution in [0, 0.1) is 0 Å². The van der Waals surface area contributed by atoms with Crippen molar-refractivity contribution in [2.24, 2.45) is 0 Å². The van der Waals surface area contributed by atoms with Gasteiger partial charge in [0.05, 0.1) is 16.6 Å². The number of para-hydroxylation sites is 3. The van der Waals surface area contributed by atoms with Gasteiger partial charge in [-0.05, 0) is 122 Å². The van der Waals surface area contributed by atoms with Crippen LogP contribution in [0.5, 0.6) is 0 Å². The van der Waals surface area contributed by atoms with Crippen molar-refractivity contribution in [3.8, 4) is 0 Å². The second-order valence-corrected chi connectivity index (χ2v) is 19.9. The summed E-state index contributed by atoms with van der Waals surface area (Å²) in [5.74, 6) is 0.455. The highest BCUT2D eigenvalue weighted by atomic mass is 28.3. The lowest BCUT2D eigenvalue weighted by Gasteiger charge is -2.24. The van der Waals surface area contributed by atoms with E-state index in [2.05, 4.69) is 152 Å². The highest BCUT2D eigenvalue weighted by Gasteiger charge is 2.31. The largest absolute Gasteiger partial charge is 0.423 e. The molecule has 0 amide bonds. The molecule has 1 unspecified atom stereocenters. The van der Waals surface area contributed by atoms with Gasteiger partial charge in [0.1, 0.15) is 8.07 Å². The van der Waals surface area contributed by atoms with E-state index in [-0.39, 0.29) is 0 Å². The molecule has 0 bridgehead atoms. The first kappa shape index (κ1) is 31.4. The van der Waals surface area contributed by atoms with Gasteiger partial charge in [0.15, 0.2) is 5.58 Å². The number of rotatable bonds is 2. The zero-order valence-electron chi connectivity index (χ0n) is 36.3. The number of imidazole rings is 1. The molecule has 286 valence electrons. The summed E-state index contributed by atoms with van der Waals surface area (Å²) in [5.41, 5.74) is 3.15. The first-order valence-electron chi connectivity index (χ1n) is 22.4. The summed E-state index contributed by atoms with van der Waals surface area (Å²) < 4.78 is 36.6. The normalized spacial score (nSPS) is 14.1. The number of oxazole rings is 1. The van der Waals surface area contributed by atoms with Gasteiger partial charge in [-0.1, -0.05) is 182 Å². The van der Waals surface area contributed by atoms with Crippen molar-refractivity contribution in [1.82, 2.24) is 9.38 Å². The molecule has 61 heavy (non-hydrogen) atoms. The molecule has 0 N–H and O–H groups in total. The van der Waals surface area contributed by atoms with E-state index in [0.717, 1.165) is 70.0 Å². The molecule has 0 aliphatic carbocycles. The molecule has 0 spiro atoms. The maximum absolute atomic E-state index is 9.35. The molecule has 2 aromatic heterocycles. The fraction of sp³-hybridized carbons (Fsp3) is 0.0351. The van der Waals surface area contributed by atoms with E-state index in [4.69, 9.17) is 9.40 Å². The third kappa shape index (κ3) is 4.88. The minimum Gasteiger partial charge on any atom is -0.423 e. The molecule has 13 rings (SSSR count). The average molecular weight is 798 g/mol. The Morgan fingerprint density at radius 1 is 0.410 bits per heavy atom. The molecular formula is C57H38N2OSi. The first-order valence-corrected chi connectivity index (χ1v) is 23.4. The molecule has 1 atom stereocenters. The molecule has 0 aliphatic heterocycles. The predicted molar refractivity (Wildman–Crippen MR) is 263 cm³/mol. The van der Waals surface area contributed by atoms with E-state index in [9.17, 15) is 4.11 Å². The lowest BCUT2D eigenvalue weighted by molar-refractivity contribution is 0.645. The molecule has 2 heterocycles. The Morgan fingerprint density at radius 3 is 1.28 bits per heavy atom. The lowest BCUT2D eigenvalue weighted by atomic mass is 9.90. The Bertz CT molecular complexity index is 4230. The van der Waals surface area contributed by atoms with Crippen LogP contribution >= 0.6 is 0 Å². The average Bonchev–Trinajstić information content (AvgIpc) is 3.89. The Morgan fingerprint density at radius 2 is 0.803 bits per heavy atom. The summed E-state index contributed by atoms with van der Waals surface area (Å²) in [6.07, 6.45) is 0. The number of fused-ring (bicyclic) bond motifs is 21. The third-order valence-corrected chi connectivity index (χ3v) is 16.1. The Kier molecular flexibility index (Phi) is 6.55. The highest BCUT2D eigenvalue weighted by Crippen LogP contribution is 2.41. The Hall–Kier alpha value is -7.53. The van der Waals surface area contributed by atoms with E-state index in [1.165, 1.54) is 43.1 Å². The van der Waals surface area contributed by atoms with Gasteiger partial charge < -0.3 is 4.42 Å². The van der Waals surface area contributed by atoms with Gasteiger partial charge in [-0.15, -0.1) is 0 Å². The van der Waals surface area contributed by atoms with Crippen molar-refractivity contribution in [1.29, 1.82) is 0 Å². The summed E-state index contributed by atoms with van der Waals surface area (Å²) >= 11 is 0. The number of benzene rings is 9. The minimum atomic E-state index is -3.61. The van der Waals surface area contributed by atoms with Crippen LogP contribution < -0.4 is 10.4 Å². The van der Waals surface area contributed by atoms with Gasteiger partial charge in [0, 0.05) is 4.11 Å². The summed E-state index contributed by atoms with van der Waals surface area (Å²) in [7, 11) is -3.61. The van der Waals surface area contributed by atoms with Gasteiger partial charge in [0.25, 0.3) is 0 Å². The van der Waals surface area contributed by atoms with Crippen LogP contribution in [0.2, 0.25) is 13.0 Å². The van der Waals surface area contributed by atoms with Crippen LogP contribution in [0.15, 0.2) is 199 Å². The quantitative estimate of drug-likeness (QED) is 0.163. The molecular weight excluding hydrogens is 757 g/mol. The molecule has 0 saturated heterocycles. The van der Waals surface area contributed by atoms with Crippen LogP contribution in [0.25, 0.3) is 114 Å². The van der Waals surface area contributed by atoms with E-state index in [1.54, 1.807) is 0 Å². The molecule has 0 radical (unpaired) electrons. The molecule has 0 fully saturated rings. The Balaban J connectivity index is 1.18. The second-order valence-electron chi connectivity index (χ2n) is 16.5. The van der Waals surface area contributed by atoms with Crippen LogP contribution in [0.1, 0.15) is 4.11 Å². The SMILES string of the molecule is [2H]C([2H])([2H])[Si](C)(c1ccc2c3ccccc3c3cc4c5ccccc5c5ccccc5c5ccccc5c4cc3c3ccccc3c2c1)c1cccc2c1oc1nc3ccccc3n12. The second kappa shape index (κ2) is 12.7. The maximum Gasteiger partial charge on any atom is 0.307 e. The van der Waals surface area contributed by atoms with Crippen molar-refractivity contribution in [2.75, 3.05) is 0 Å². The molecule has 4 heteroatoms. The van der Waals surface area contributed by atoms with Crippen LogP contribution in [0.4, 0.5) is 0 Å². The number of nitrogens with zero attached hydrogens (tertiary/aromatic N) is 2. The number of hydrogen-bond acceptors (Lipinski definition) is 2. The summed E-state index contributed by atoms with van der Waals surface area (Å²) in [6.45, 7) is -0.347. The Labute approximate surface area is 356 Å². The molecule has 11 aromatic carbocycles. The summed E-state index contributed by atoms with van der Waals surface area (Å²) in [6, 6.07) is 68.8. The highest BCUT2D eigenvalue weighted by molar-refractivity contribution is 7.01. The fourth-order valence-corrected chi connectivity index (χ4v) is 12.5. The van der Waals surface area contributed by atoms with Crippen molar-refractivity contribution in [3.05, 3.63) is 194 Å². The minimum absolute atomic E-state index is 0.455. The molecule has 0 saturated carbocycles. The van der Waals surface area contributed by atoms with Crippen molar-refractivity contribution in [3.63, 3.8) is 0 Å². The number of aromatic nitrogens is 2. The fourth-order valence-electron chi connectivity index (χ4n) is 10.3. The smallest absolute Gasteiger partial charge is 0.307 e. The van der Waals surface area contributed by atoms with Gasteiger partial charge in [-0.3, -0.25) is 4.40 Å². The molecule has 0 aliphatic rings. The van der Waals surface area contributed by atoms with E-state index in [1.807, 2.05) is 53.4 Å². The van der Waals surface area contributed by atoms with Gasteiger partial charge in [-0.2, -0.15) is 4.98 Å². The molecule has 3 nitrogen and oxygen atoms in total. The molecule has 13 aromatic rings. The van der Waals surface area contributed by atoms with Crippen molar-refractivity contribution in [2.45, 2.75) is 13.0 Å². The standard InChI is InChI=1S/C57H38N2OSi/c1-61(2,55-29-15-28-54-56(55)60-57-58-52-26-13-14-27-53(52)59(54)57)35-30-31-46-40-20-7-10-23-43(40)50-33-48-41-21-8-5-18-38(41)36-16-3-4-17-37(36)39-19-6-9-22-42(39)49(48)34-51(50)45-25-12-11-24-44(45)47(46)32-35/h3-34H,1-2H3/i1D3. The number of hydrogen-bond donors (Lipinski definition) is 0. The van der Waals surface area contributed by atoms with Crippen LogP contribution in [-0.4, -0.2) is 17.5 Å². The zero-order valence-corrected chi connectivity index (χ0v) is 34.3. The lowest BCUT2D eigenvalue weighted by Crippen LogP contribution is -2.53. The monoisotopic (exact) mass is 797 g/mol. The summed E-state index contributed by atoms with van der Waals surface area (Å²) in [5, 5.41) is 19.9.